The SMILES string of the molecule is CCNC(=NCC(=O)N1CCc2ccccc21)NC1CC1. The summed E-state index contributed by atoms with van der Waals surface area (Å²) in [5, 5.41) is 6.51. The lowest BCUT2D eigenvalue weighted by molar-refractivity contribution is -0.117. The van der Waals surface area contributed by atoms with Crippen molar-refractivity contribution in [2.45, 2.75) is 32.2 Å². The number of anilines is 1. The van der Waals surface area contributed by atoms with Crippen LogP contribution in [0.25, 0.3) is 0 Å². The Balaban J connectivity index is 1.63. The number of guanidine groups is 1. The van der Waals surface area contributed by atoms with Gasteiger partial charge in [0.2, 0.25) is 5.91 Å². The number of hydrogen-bond donors (Lipinski definition) is 2. The second kappa shape index (κ2) is 6.16. The fourth-order valence-corrected chi connectivity index (χ4v) is 2.57. The Morgan fingerprint density at radius 1 is 1.38 bits per heavy atom. The van der Waals surface area contributed by atoms with Gasteiger partial charge in [-0.2, -0.15) is 0 Å². The van der Waals surface area contributed by atoms with Gasteiger partial charge in [-0.1, -0.05) is 18.2 Å². The Labute approximate surface area is 125 Å². The third kappa shape index (κ3) is 3.35. The van der Waals surface area contributed by atoms with Crippen LogP contribution in [0.2, 0.25) is 0 Å². The zero-order valence-corrected chi connectivity index (χ0v) is 12.4. The maximum absolute atomic E-state index is 12.4. The van der Waals surface area contributed by atoms with Gasteiger partial charge in [-0.25, -0.2) is 4.99 Å². The second-order valence-corrected chi connectivity index (χ2v) is 5.54. The standard InChI is InChI=1S/C16H22N4O/c1-2-17-16(19-13-7-8-13)18-11-15(21)20-10-9-12-5-3-4-6-14(12)20/h3-6,13H,2,7-11H2,1H3,(H2,17,18,19). The lowest BCUT2D eigenvalue weighted by Crippen LogP contribution is -2.40. The normalized spacial score (nSPS) is 17.6. The molecule has 112 valence electrons. The number of carbonyl (C=O) groups is 1. The smallest absolute Gasteiger partial charge is 0.248 e. The molecule has 1 saturated carbocycles. The molecule has 21 heavy (non-hydrogen) atoms. The van der Waals surface area contributed by atoms with E-state index in [0.29, 0.717) is 6.04 Å². The zero-order valence-electron chi connectivity index (χ0n) is 12.4. The molecule has 1 amide bonds. The highest BCUT2D eigenvalue weighted by atomic mass is 16.2. The number of rotatable bonds is 4. The van der Waals surface area contributed by atoms with Crippen LogP contribution in [0, 0.1) is 0 Å². The Bertz CT molecular complexity index is 551. The van der Waals surface area contributed by atoms with E-state index in [2.05, 4.69) is 21.7 Å². The molecule has 5 heteroatoms. The minimum absolute atomic E-state index is 0.0629. The molecule has 3 rings (SSSR count). The fraction of sp³-hybridized carbons (Fsp3) is 0.500. The molecule has 0 radical (unpaired) electrons. The molecule has 1 aliphatic heterocycles. The summed E-state index contributed by atoms with van der Waals surface area (Å²) in [5.41, 5.74) is 2.29. The van der Waals surface area contributed by atoms with E-state index in [-0.39, 0.29) is 12.5 Å². The number of hydrogen-bond acceptors (Lipinski definition) is 2. The maximum Gasteiger partial charge on any atom is 0.248 e. The summed E-state index contributed by atoms with van der Waals surface area (Å²) in [6, 6.07) is 8.63. The summed E-state index contributed by atoms with van der Waals surface area (Å²) in [5.74, 6) is 0.814. The quantitative estimate of drug-likeness (QED) is 0.648. The number of amides is 1. The van der Waals surface area contributed by atoms with E-state index in [1.807, 2.05) is 30.0 Å². The zero-order chi connectivity index (χ0) is 14.7. The number of fused-ring (bicyclic) bond motifs is 1. The molecule has 1 aliphatic carbocycles. The van der Waals surface area contributed by atoms with Gasteiger partial charge < -0.3 is 15.5 Å². The largest absolute Gasteiger partial charge is 0.357 e. The number of nitrogens with zero attached hydrogens (tertiary/aromatic N) is 2. The molecule has 5 nitrogen and oxygen atoms in total. The lowest BCUT2D eigenvalue weighted by Gasteiger charge is -2.17. The van der Waals surface area contributed by atoms with Crippen LogP contribution in [-0.2, 0) is 11.2 Å². The van der Waals surface area contributed by atoms with Crippen LogP contribution in [0.15, 0.2) is 29.3 Å². The van der Waals surface area contributed by atoms with Crippen LogP contribution >= 0.6 is 0 Å². The molecule has 0 spiro atoms. The summed E-state index contributed by atoms with van der Waals surface area (Å²) < 4.78 is 0. The molecule has 1 aromatic rings. The minimum atomic E-state index is 0.0629. The van der Waals surface area contributed by atoms with Crippen molar-refractivity contribution in [3.8, 4) is 0 Å². The van der Waals surface area contributed by atoms with Crippen molar-refractivity contribution >= 4 is 17.6 Å². The highest BCUT2D eigenvalue weighted by Gasteiger charge is 2.25. The average Bonchev–Trinajstić information content (AvgIpc) is 3.20. The number of benzene rings is 1. The van der Waals surface area contributed by atoms with Gasteiger partial charge >= 0.3 is 0 Å². The fourth-order valence-electron chi connectivity index (χ4n) is 2.57. The Morgan fingerprint density at radius 3 is 2.95 bits per heavy atom. The van der Waals surface area contributed by atoms with Gasteiger partial charge in [-0.3, -0.25) is 4.79 Å². The van der Waals surface area contributed by atoms with Crippen LogP contribution in [0.1, 0.15) is 25.3 Å². The van der Waals surface area contributed by atoms with Crippen LogP contribution in [0.3, 0.4) is 0 Å². The first-order valence-corrected chi connectivity index (χ1v) is 7.71. The van der Waals surface area contributed by atoms with Gasteiger partial charge in [0, 0.05) is 24.8 Å². The van der Waals surface area contributed by atoms with Crippen molar-refractivity contribution < 1.29 is 4.79 Å². The molecule has 1 heterocycles. The summed E-state index contributed by atoms with van der Waals surface area (Å²) in [6.07, 6.45) is 3.32. The van der Waals surface area contributed by atoms with E-state index < -0.39 is 0 Å². The molecule has 2 N–H and O–H groups in total. The van der Waals surface area contributed by atoms with E-state index in [9.17, 15) is 4.79 Å². The van der Waals surface area contributed by atoms with E-state index >= 15 is 0 Å². The van der Waals surface area contributed by atoms with E-state index in [1.54, 1.807) is 0 Å². The maximum atomic E-state index is 12.4. The minimum Gasteiger partial charge on any atom is -0.357 e. The third-order valence-corrected chi connectivity index (χ3v) is 3.82. The topological polar surface area (TPSA) is 56.7 Å². The van der Waals surface area contributed by atoms with Gasteiger partial charge in [-0.15, -0.1) is 0 Å². The highest BCUT2D eigenvalue weighted by Crippen LogP contribution is 2.27. The molecule has 1 fully saturated rings. The lowest BCUT2D eigenvalue weighted by atomic mass is 10.2. The molecule has 0 atom stereocenters. The molecule has 0 bridgehead atoms. The number of nitrogens with one attached hydrogen (secondary N) is 2. The Morgan fingerprint density at radius 2 is 2.19 bits per heavy atom. The monoisotopic (exact) mass is 286 g/mol. The third-order valence-electron chi connectivity index (χ3n) is 3.82. The highest BCUT2D eigenvalue weighted by molar-refractivity contribution is 5.98. The number of para-hydroxylation sites is 1. The van der Waals surface area contributed by atoms with Crippen molar-refractivity contribution in [3.05, 3.63) is 29.8 Å². The molecule has 0 unspecified atom stereocenters. The van der Waals surface area contributed by atoms with Crippen molar-refractivity contribution in [3.63, 3.8) is 0 Å². The molecular formula is C16H22N4O. The van der Waals surface area contributed by atoms with Gasteiger partial charge in [0.25, 0.3) is 0 Å². The molecular weight excluding hydrogens is 264 g/mol. The predicted molar refractivity (Wildman–Crippen MR) is 84.6 cm³/mol. The van der Waals surface area contributed by atoms with E-state index in [1.165, 1.54) is 18.4 Å². The van der Waals surface area contributed by atoms with Crippen molar-refractivity contribution in [1.29, 1.82) is 0 Å². The van der Waals surface area contributed by atoms with Crippen LogP contribution < -0.4 is 15.5 Å². The van der Waals surface area contributed by atoms with E-state index in [4.69, 9.17) is 0 Å². The summed E-state index contributed by atoms with van der Waals surface area (Å²) in [6.45, 7) is 3.79. The molecule has 0 saturated heterocycles. The van der Waals surface area contributed by atoms with Gasteiger partial charge in [0.15, 0.2) is 5.96 Å². The first-order chi connectivity index (χ1) is 10.3. The van der Waals surface area contributed by atoms with Crippen molar-refractivity contribution in [1.82, 2.24) is 10.6 Å². The summed E-state index contributed by atoms with van der Waals surface area (Å²) >= 11 is 0. The predicted octanol–water partition coefficient (Wildman–Crippen LogP) is 1.29. The average molecular weight is 286 g/mol. The molecule has 0 aromatic heterocycles. The Kier molecular flexibility index (Phi) is 4.08. The van der Waals surface area contributed by atoms with E-state index in [0.717, 1.165) is 31.2 Å². The molecule has 1 aromatic carbocycles. The number of carbonyl (C=O) groups excluding carboxylic acids is 1. The molecule has 2 aliphatic rings. The Hall–Kier alpha value is -2.04. The van der Waals surface area contributed by atoms with Crippen LogP contribution in [0.4, 0.5) is 5.69 Å². The second-order valence-electron chi connectivity index (χ2n) is 5.54. The van der Waals surface area contributed by atoms with Crippen molar-refractivity contribution in [2.75, 3.05) is 24.5 Å². The van der Waals surface area contributed by atoms with Crippen LogP contribution in [0.5, 0.6) is 0 Å². The summed E-state index contributed by atoms with van der Waals surface area (Å²) in [7, 11) is 0. The summed E-state index contributed by atoms with van der Waals surface area (Å²) in [4.78, 5) is 18.6. The number of aliphatic imine (C=N–C) groups is 1. The van der Waals surface area contributed by atoms with Gasteiger partial charge in [0.1, 0.15) is 6.54 Å². The van der Waals surface area contributed by atoms with Gasteiger partial charge in [-0.05, 0) is 37.8 Å². The first-order valence-electron chi connectivity index (χ1n) is 7.71. The van der Waals surface area contributed by atoms with Crippen LogP contribution in [-0.4, -0.2) is 37.5 Å². The van der Waals surface area contributed by atoms with Gasteiger partial charge in [0.05, 0.1) is 0 Å². The van der Waals surface area contributed by atoms with Crippen molar-refractivity contribution in [2.24, 2.45) is 4.99 Å². The first kappa shape index (κ1) is 13.9.